The topological polar surface area (TPSA) is 134 Å². The van der Waals surface area contributed by atoms with Crippen LogP contribution in [0.3, 0.4) is 0 Å². The number of carbonyl (C=O) groups is 3. The quantitative estimate of drug-likeness (QED) is 0.565. The molecule has 3 rings (SSSR count). The highest BCUT2D eigenvalue weighted by Crippen LogP contribution is 2.22. The molecular formula is C18H24N6O5S. The Bertz CT molecular complexity index is 1110. The summed E-state index contributed by atoms with van der Waals surface area (Å²) in [5.74, 6) is -0.317. The van der Waals surface area contributed by atoms with Crippen molar-refractivity contribution in [2.75, 3.05) is 19.6 Å². The van der Waals surface area contributed by atoms with Crippen LogP contribution in [0.5, 0.6) is 0 Å². The number of sulfonamides is 1. The Morgan fingerprint density at radius 2 is 1.97 bits per heavy atom. The first-order chi connectivity index (χ1) is 14.2. The molecule has 2 N–H and O–H groups in total. The zero-order valence-corrected chi connectivity index (χ0v) is 17.8. The molecule has 1 aliphatic heterocycles. The lowest BCUT2D eigenvalue weighted by molar-refractivity contribution is -0.125. The van der Waals surface area contributed by atoms with Gasteiger partial charge < -0.3 is 4.57 Å². The molecular weight excluding hydrogens is 412 g/mol. The van der Waals surface area contributed by atoms with Crippen molar-refractivity contribution >= 4 is 38.9 Å². The molecule has 11 nitrogen and oxygen atoms in total. The van der Waals surface area contributed by atoms with E-state index in [0.29, 0.717) is 24.4 Å². The summed E-state index contributed by atoms with van der Waals surface area (Å²) in [4.78, 5) is 39.4. The number of benzene rings is 1. The average Bonchev–Trinajstić information content (AvgIpc) is 3.18. The molecule has 0 saturated carbocycles. The van der Waals surface area contributed by atoms with Gasteiger partial charge in [0.25, 0.3) is 0 Å². The minimum absolute atomic E-state index is 0.0414. The van der Waals surface area contributed by atoms with Crippen LogP contribution in [-0.4, -0.2) is 64.8 Å². The molecule has 2 heterocycles. The van der Waals surface area contributed by atoms with Crippen molar-refractivity contribution in [3.63, 3.8) is 0 Å². The Balaban J connectivity index is 1.74. The average molecular weight is 436 g/mol. The molecule has 2 aromatic rings. The Kier molecular flexibility index (Phi) is 6.08. The smallest absolute Gasteiger partial charge is 0.331 e. The maximum absolute atomic E-state index is 12.7. The first kappa shape index (κ1) is 21.7. The molecule has 1 saturated heterocycles. The predicted octanol–water partition coefficient (Wildman–Crippen LogP) is 0.119. The van der Waals surface area contributed by atoms with Crippen molar-refractivity contribution in [1.82, 2.24) is 29.6 Å². The fraction of sp³-hybridized carbons (Fsp3) is 0.444. The Hall–Kier alpha value is -2.99. The van der Waals surface area contributed by atoms with Gasteiger partial charge in [0.1, 0.15) is 12.4 Å². The van der Waals surface area contributed by atoms with Gasteiger partial charge in [-0.05, 0) is 18.2 Å². The van der Waals surface area contributed by atoms with E-state index >= 15 is 0 Å². The predicted molar refractivity (Wildman–Crippen MR) is 108 cm³/mol. The second-order valence-electron chi connectivity index (χ2n) is 6.80. The first-order valence-electron chi connectivity index (χ1n) is 9.53. The standard InChI is InChI=1S/C18H24N6O5S/c1-4-23(5-2)30(28,29)12-6-7-14-13(10-12)19-15(22(14)3)8-9-16(25)21-24-11-17(26)20-18(24)27/h6-7,10H,4-5,8-9,11H2,1-3H3,(H,21,25)(H,20,26,27). The summed E-state index contributed by atoms with van der Waals surface area (Å²) >= 11 is 0. The van der Waals surface area contributed by atoms with Gasteiger partial charge in [0, 0.05) is 33.0 Å². The molecule has 0 spiro atoms. The third-order valence-electron chi connectivity index (χ3n) is 4.92. The number of hydrogen-bond acceptors (Lipinski definition) is 6. The van der Waals surface area contributed by atoms with Crippen LogP contribution >= 0.6 is 0 Å². The molecule has 162 valence electrons. The SMILES string of the molecule is CCN(CC)S(=O)(=O)c1ccc2c(c1)nc(CCC(=O)NN1CC(=O)NC1=O)n2C. The number of nitrogens with zero attached hydrogens (tertiary/aromatic N) is 4. The van der Waals surface area contributed by atoms with Crippen LogP contribution < -0.4 is 10.7 Å². The lowest BCUT2D eigenvalue weighted by Gasteiger charge is -2.18. The van der Waals surface area contributed by atoms with E-state index in [1.807, 2.05) is 0 Å². The van der Waals surface area contributed by atoms with Gasteiger partial charge in [-0.25, -0.2) is 23.2 Å². The van der Waals surface area contributed by atoms with Crippen LogP contribution in [0.2, 0.25) is 0 Å². The Morgan fingerprint density at radius 3 is 2.57 bits per heavy atom. The summed E-state index contributed by atoms with van der Waals surface area (Å²) in [6, 6.07) is 4.12. The molecule has 0 bridgehead atoms. The number of imidazole rings is 1. The number of hydrogen-bond donors (Lipinski definition) is 2. The summed E-state index contributed by atoms with van der Waals surface area (Å²) in [6.45, 7) is 4.09. The maximum Gasteiger partial charge on any atom is 0.343 e. The van der Waals surface area contributed by atoms with Crippen LogP contribution in [0.4, 0.5) is 4.79 Å². The normalized spacial score (nSPS) is 14.6. The van der Waals surface area contributed by atoms with E-state index in [1.165, 1.54) is 10.4 Å². The molecule has 30 heavy (non-hydrogen) atoms. The minimum Gasteiger partial charge on any atom is -0.331 e. The van der Waals surface area contributed by atoms with Gasteiger partial charge in [0.2, 0.25) is 21.8 Å². The largest absolute Gasteiger partial charge is 0.343 e. The molecule has 1 aromatic carbocycles. The van der Waals surface area contributed by atoms with E-state index in [0.717, 1.165) is 10.5 Å². The monoisotopic (exact) mass is 436 g/mol. The van der Waals surface area contributed by atoms with Gasteiger partial charge >= 0.3 is 6.03 Å². The van der Waals surface area contributed by atoms with Crippen molar-refractivity contribution in [2.45, 2.75) is 31.6 Å². The minimum atomic E-state index is -3.60. The van der Waals surface area contributed by atoms with Crippen LogP contribution in [0.1, 0.15) is 26.1 Å². The molecule has 1 aromatic heterocycles. The van der Waals surface area contributed by atoms with Crippen molar-refractivity contribution in [2.24, 2.45) is 7.05 Å². The Morgan fingerprint density at radius 1 is 1.27 bits per heavy atom. The summed E-state index contributed by atoms with van der Waals surface area (Å²) in [5.41, 5.74) is 3.64. The molecule has 1 fully saturated rings. The molecule has 0 unspecified atom stereocenters. The van der Waals surface area contributed by atoms with E-state index in [9.17, 15) is 22.8 Å². The highest BCUT2D eigenvalue weighted by atomic mass is 32.2. The molecule has 0 radical (unpaired) electrons. The second kappa shape index (κ2) is 8.40. The van der Waals surface area contributed by atoms with Crippen LogP contribution in [0.25, 0.3) is 11.0 Å². The number of amides is 4. The van der Waals surface area contributed by atoms with E-state index < -0.39 is 27.9 Å². The lowest BCUT2D eigenvalue weighted by Crippen LogP contribution is -2.44. The van der Waals surface area contributed by atoms with E-state index in [2.05, 4.69) is 15.7 Å². The number of nitrogens with one attached hydrogen (secondary N) is 2. The molecule has 1 aliphatic rings. The van der Waals surface area contributed by atoms with Crippen LogP contribution in [-0.2, 0) is 33.1 Å². The number of urea groups is 1. The van der Waals surface area contributed by atoms with Crippen molar-refractivity contribution in [1.29, 1.82) is 0 Å². The molecule has 0 atom stereocenters. The van der Waals surface area contributed by atoms with Gasteiger partial charge in [-0.2, -0.15) is 4.31 Å². The van der Waals surface area contributed by atoms with E-state index in [4.69, 9.17) is 0 Å². The van der Waals surface area contributed by atoms with Crippen molar-refractivity contribution < 1.29 is 22.8 Å². The summed E-state index contributed by atoms with van der Waals surface area (Å²) < 4.78 is 28.6. The van der Waals surface area contributed by atoms with E-state index in [1.54, 1.807) is 37.6 Å². The highest BCUT2D eigenvalue weighted by Gasteiger charge is 2.28. The van der Waals surface area contributed by atoms with Gasteiger partial charge in [-0.1, -0.05) is 13.8 Å². The fourth-order valence-electron chi connectivity index (χ4n) is 3.29. The highest BCUT2D eigenvalue weighted by molar-refractivity contribution is 7.89. The zero-order chi connectivity index (χ0) is 22.1. The maximum atomic E-state index is 12.7. The number of rotatable bonds is 8. The molecule has 4 amide bonds. The first-order valence-corrected chi connectivity index (χ1v) is 11.0. The third-order valence-corrected chi connectivity index (χ3v) is 6.96. The lowest BCUT2D eigenvalue weighted by atomic mass is 10.3. The van der Waals surface area contributed by atoms with Crippen LogP contribution in [0.15, 0.2) is 23.1 Å². The number of fused-ring (bicyclic) bond motifs is 1. The fourth-order valence-corrected chi connectivity index (χ4v) is 4.77. The molecule has 12 heteroatoms. The number of carbonyl (C=O) groups excluding carboxylic acids is 3. The Labute approximate surface area is 174 Å². The van der Waals surface area contributed by atoms with Gasteiger partial charge in [-0.3, -0.25) is 20.3 Å². The van der Waals surface area contributed by atoms with Crippen LogP contribution in [0, 0.1) is 0 Å². The summed E-state index contributed by atoms with van der Waals surface area (Å²) in [5, 5.41) is 2.99. The van der Waals surface area contributed by atoms with Crippen molar-refractivity contribution in [3.8, 4) is 0 Å². The number of imide groups is 1. The van der Waals surface area contributed by atoms with Gasteiger partial charge in [-0.15, -0.1) is 0 Å². The number of hydrazine groups is 1. The summed E-state index contributed by atoms with van der Waals surface area (Å²) in [7, 11) is -1.81. The third kappa shape index (κ3) is 4.14. The number of aromatic nitrogens is 2. The number of aryl methyl sites for hydroxylation is 2. The van der Waals surface area contributed by atoms with Gasteiger partial charge in [0.15, 0.2) is 0 Å². The van der Waals surface area contributed by atoms with Gasteiger partial charge in [0.05, 0.1) is 15.9 Å². The zero-order valence-electron chi connectivity index (χ0n) is 17.0. The van der Waals surface area contributed by atoms with E-state index in [-0.39, 0.29) is 24.3 Å². The summed E-state index contributed by atoms with van der Waals surface area (Å²) in [6.07, 6.45) is 0.318. The molecule has 0 aliphatic carbocycles. The van der Waals surface area contributed by atoms with Crippen molar-refractivity contribution in [3.05, 3.63) is 24.0 Å². The second-order valence-corrected chi connectivity index (χ2v) is 8.74.